The number of carbonyl (C=O) groups excluding carboxylic acids is 1. The molecule has 0 bridgehead atoms. The summed E-state index contributed by atoms with van der Waals surface area (Å²) in [7, 11) is 1.80. The maximum Gasteiger partial charge on any atom is 0.255 e. The van der Waals surface area contributed by atoms with Crippen LogP contribution < -0.4 is 5.32 Å². The first-order valence-corrected chi connectivity index (χ1v) is 5.87. The average Bonchev–Trinajstić information content (AvgIpc) is 2.81. The number of carbonyl (C=O) groups is 1. The number of likely N-dealkylation sites (tertiary alicyclic amines) is 1. The fourth-order valence-corrected chi connectivity index (χ4v) is 2.17. The Morgan fingerprint density at radius 3 is 2.69 bits per heavy atom. The van der Waals surface area contributed by atoms with Crippen molar-refractivity contribution in [3.63, 3.8) is 0 Å². The van der Waals surface area contributed by atoms with Crippen molar-refractivity contribution >= 4 is 23.2 Å². The molecule has 4 heteroatoms. The number of anilines is 1. The average molecular weight is 239 g/mol. The summed E-state index contributed by atoms with van der Waals surface area (Å²) in [5.41, 5.74) is 1.50. The molecule has 1 fully saturated rings. The predicted octanol–water partition coefficient (Wildman–Crippen LogP) is 2.62. The van der Waals surface area contributed by atoms with Crippen molar-refractivity contribution in [1.29, 1.82) is 0 Å². The van der Waals surface area contributed by atoms with E-state index in [1.165, 1.54) is 0 Å². The second-order valence-electron chi connectivity index (χ2n) is 3.94. The van der Waals surface area contributed by atoms with E-state index < -0.39 is 0 Å². The first-order valence-electron chi connectivity index (χ1n) is 5.49. The van der Waals surface area contributed by atoms with Crippen LogP contribution in [0.5, 0.6) is 0 Å². The van der Waals surface area contributed by atoms with Gasteiger partial charge in [-0.1, -0.05) is 11.6 Å². The van der Waals surface area contributed by atoms with E-state index in [-0.39, 0.29) is 5.91 Å². The van der Waals surface area contributed by atoms with Crippen LogP contribution in [0.2, 0.25) is 5.02 Å². The molecule has 1 amide bonds. The lowest BCUT2D eigenvalue weighted by Gasteiger charge is -2.17. The Kier molecular flexibility index (Phi) is 3.34. The van der Waals surface area contributed by atoms with Gasteiger partial charge < -0.3 is 10.2 Å². The number of rotatable bonds is 2. The number of hydrogen-bond donors (Lipinski definition) is 1. The van der Waals surface area contributed by atoms with Crippen LogP contribution in [0, 0.1) is 0 Å². The zero-order chi connectivity index (χ0) is 11.5. The van der Waals surface area contributed by atoms with Gasteiger partial charge in [0.25, 0.3) is 5.91 Å². The third-order valence-electron chi connectivity index (χ3n) is 2.87. The highest BCUT2D eigenvalue weighted by Crippen LogP contribution is 2.23. The van der Waals surface area contributed by atoms with E-state index in [0.29, 0.717) is 10.6 Å². The van der Waals surface area contributed by atoms with Crippen LogP contribution in [0.4, 0.5) is 5.69 Å². The molecule has 0 unspecified atom stereocenters. The zero-order valence-electron chi connectivity index (χ0n) is 9.29. The Hall–Kier alpha value is -1.22. The van der Waals surface area contributed by atoms with Crippen molar-refractivity contribution in [2.45, 2.75) is 12.8 Å². The van der Waals surface area contributed by atoms with Crippen LogP contribution in [0.1, 0.15) is 23.2 Å². The van der Waals surface area contributed by atoms with E-state index in [1.807, 2.05) is 4.90 Å². The first-order chi connectivity index (χ1) is 7.72. The normalized spacial score (nSPS) is 15.2. The van der Waals surface area contributed by atoms with Crippen LogP contribution >= 0.6 is 11.6 Å². The summed E-state index contributed by atoms with van der Waals surface area (Å²) >= 11 is 5.90. The minimum absolute atomic E-state index is 0.0958. The Labute approximate surface area is 100 Å². The largest absolute Gasteiger partial charge is 0.387 e. The molecular formula is C12H15ClN2O. The van der Waals surface area contributed by atoms with Gasteiger partial charge in [0.2, 0.25) is 0 Å². The quantitative estimate of drug-likeness (QED) is 0.859. The van der Waals surface area contributed by atoms with Gasteiger partial charge in [-0.15, -0.1) is 0 Å². The Balaban J connectivity index is 2.28. The first kappa shape index (κ1) is 11.3. The molecule has 1 saturated heterocycles. The predicted molar refractivity (Wildman–Crippen MR) is 66.1 cm³/mol. The minimum atomic E-state index is 0.0958. The molecule has 1 aromatic rings. The zero-order valence-corrected chi connectivity index (χ0v) is 10.0. The fraction of sp³-hybridized carbons (Fsp3) is 0.417. The van der Waals surface area contributed by atoms with Crippen LogP contribution in [0.15, 0.2) is 18.2 Å². The van der Waals surface area contributed by atoms with Gasteiger partial charge in [0.05, 0.1) is 5.56 Å². The van der Waals surface area contributed by atoms with Crippen molar-refractivity contribution in [2.75, 3.05) is 25.5 Å². The van der Waals surface area contributed by atoms with Crippen LogP contribution in [0.25, 0.3) is 0 Å². The fourth-order valence-electron chi connectivity index (χ4n) is 2.00. The van der Waals surface area contributed by atoms with Gasteiger partial charge in [-0.25, -0.2) is 0 Å². The summed E-state index contributed by atoms with van der Waals surface area (Å²) in [6.45, 7) is 1.73. The summed E-state index contributed by atoms with van der Waals surface area (Å²) < 4.78 is 0. The molecule has 0 saturated carbocycles. The highest BCUT2D eigenvalue weighted by Gasteiger charge is 2.21. The van der Waals surface area contributed by atoms with Gasteiger partial charge in [0.15, 0.2) is 0 Å². The van der Waals surface area contributed by atoms with E-state index >= 15 is 0 Å². The number of halogens is 1. The van der Waals surface area contributed by atoms with Crippen LogP contribution in [-0.4, -0.2) is 30.9 Å². The molecule has 1 aliphatic rings. The van der Waals surface area contributed by atoms with E-state index in [9.17, 15) is 4.79 Å². The maximum atomic E-state index is 12.2. The molecule has 2 rings (SSSR count). The number of hydrogen-bond acceptors (Lipinski definition) is 2. The topological polar surface area (TPSA) is 32.3 Å². The molecule has 1 aliphatic heterocycles. The lowest BCUT2D eigenvalue weighted by Crippen LogP contribution is -2.28. The van der Waals surface area contributed by atoms with Crippen molar-refractivity contribution in [3.05, 3.63) is 28.8 Å². The molecule has 16 heavy (non-hydrogen) atoms. The summed E-state index contributed by atoms with van der Waals surface area (Å²) in [5.74, 6) is 0.0958. The van der Waals surface area contributed by atoms with Crippen molar-refractivity contribution < 1.29 is 4.79 Å². The molecule has 0 aliphatic carbocycles. The standard InChI is InChI=1S/C12H15ClN2O/c1-14-11-8-9(13)4-5-10(11)12(16)15-6-2-3-7-15/h4-5,8,14H,2-3,6-7H2,1H3. The van der Waals surface area contributed by atoms with Crippen molar-refractivity contribution in [1.82, 2.24) is 4.90 Å². The summed E-state index contributed by atoms with van der Waals surface area (Å²) in [6.07, 6.45) is 2.21. The van der Waals surface area contributed by atoms with Crippen molar-refractivity contribution in [3.8, 4) is 0 Å². The molecule has 3 nitrogen and oxygen atoms in total. The Bertz CT molecular complexity index is 400. The lowest BCUT2D eigenvalue weighted by atomic mass is 10.1. The van der Waals surface area contributed by atoms with Gasteiger partial charge in [-0.3, -0.25) is 4.79 Å². The summed E-state index contributed by atoms with van der Waals surface area (Å²) in [4.78, 5) is 14.1. The summed E-state index contributed by atoms with van der Waals surface area (Å²) in [6, 6.07) is 5.32. The lowest BCUT2D eigenvalue weighted by molar-refractivity contribution is 0.0794. The SMILES string of the molecule is CNc1cc(Cl)ccc1C(=O)N1CCCC1. The van der Waals surface area contributed by atoms with Gasteiger partial charge in [-0.05, 0) is 31.0 Å². The van der Waals surface area contributed by atoms with Gasteiger partial charge in [0, 0.05) is 30.8 Å². The highest BCUT2D eigenvalue weighted by atomic mass is 35.5. The molecule has 1 aromatic carbocycles. The number of amides is 1. The van der Waals surface area contributed by atoms with Crippen LogP contribution in [0.3, 0.4) is 0 Å². The monoisotopic (exact) mass is 238 g/mol. The summed E-state index contributed by atoms with van der Waals surface area (Å²) in [5, 5.41) is 3.65. The highest BCUT2D eigenvalue weighted by molar-refractivity contribution is 6.31. The second kappa shape index (κ2) is 4.74. The molecule has 86 valence electrons. The number of nitrogens with one attached hydrogen (secondary N) is 1. The molecule has 1 N–H and O–H groups in total. The van der Waals surface area contributed by atoms with Gasteiger partial charge in [0.1, 0.15) is 0 Å². The third kappa shape index (κ3) is 2.14. The van der Waals surface area contributed by atoms with Crippen molar-refractivity contribution in [2.24, 2.45) is 0 Å². The molecule has 0 spiro atoms. The third-order valence-corrected chi connectivity index (χ3v) is 3.11. The van der Waals surface area contributed by atoms with E-state index in [0.717, 1.165) is 31.6 Å². The van der Waals surface area contributed by atoms with E-state index in [4.69, 9.17) is 11.6 Å². The second-order valence-corrected chi connectivity index (χ2v) is 4.38. The minimum Gasteiger partial charge on any atom is -0.387 e. The van der Waals surface area contributed by atoms with Crippen LogP contribution in [-0.2, 0) is 0 Å². The Morgan fingerprint density at radius 1 is 1.38 bits per heavy atom. The number of benzene rings is 1. The molecular weight excluding hydrogens is 224 g/mol. The molecule has 0 aromatic heterocycles. The Morgan fingerprint density at radius 2 is 2.06 bits per heavy atom. The van der Waals surface area contributed by atoms with E-state index in [1.54, 1.807) is 25.2 Å². The molecule has 0 radical (unpaired) electrons. The van der Waals surface area contributed by atoms with Gasteiger partial charge in [-0.2, -0.15) is 0 Å². The van der Waals surface area contributed by atoms with Gasteiger partial charge >= 0.3 is 0 Å². The number of nitrogens with zero attached hydrogens (tertiary/aromatic N) is 1. The molecule has 1 heterocycles. The van der Waals surface area contributed by atoms with E-state index in [2.05, 4.69) is 5.32 Å². The maximum absolute atomic E-state index is 12.2. The molecule has 0 atom stereocenters. The smallest absolute Gasteiger partial charge is 0.255 e.